The van der Waals surface area contributed by atoms with E-state index >= 15 is 0 Å². The van der Waals surface area contributed by atoms with Crippen LogP contribution >= 0.6 is 11.3 Å². The standard InChI is InChI=1S/C16H16N2S/c1-11-4-9-14-15(10-11)19-16(18(14)3)12-5-7-13(17-2)8-6-12/h4-10H,1-3H3/p+1. The smallest absolute Gasteiger partial charge is 0.269 e. The molecular formula is C16H17N2S+. The summed E-state index contributed by atoms with van der Waals surface area (Å²) < 4.78 is 3.61. The van der Waals surface area contributed by atoms with Gasteiger partial charge in [-0.1, -0.05) is 17.4 Å². The zero-order valence-electron chi connectivity index (χ0n) is 11.4. The number of hydrogen-bond donors (Lipinski definition) is 1. The minimum absolute atomic E-state index is 1.14. The van der Waals surface area contributed by atoms with Gasteiger partial charge in [-0.15, -0.1) is 0 Å². The van der Waals surface area contributed by atoms with Crippen LogP contribution in [0.4, 0.5) is 5.69 Å². The molecule has 0 spiro atoms. The summed E-state index contributed by atoms with van der Waals surface area (Å²) in [6.45, 7) is 2.14. The van der Waals surface area contributed by atoms with Gasteiger partial charge in [0.25, 0.3) is 5.01 Å². The molecule has 0 unspecified atom stereocenters. The molecule has 0 saturated carbocycles. The van der Waals surface area contributed by atoms with E-state index in [2.05, 4.69) is 66.3 Å². The molecule has 0 amide bonds. The van der Waals surface area contributed by atoms with Crippen LogP contribution in [0.2, 0.25) is 0 Å². The molecule has 0 saturated heterocycles. The van der Waals surface area contributed by atoms with Crippen molar-refractivity contribution in [1.82, 2.24) is 0 Å². The van der Waals surface area contributed by atoms with Gasteiger partial charge in [-0.25, -0.2) is 0 Å². The molecule has 0 aliphatic heterocycles. The van der Waals surface area contributed by atoms with Gasteiger partial charge >= 0.3 is 0 Å². The van der Waals surface area contributed by atoms with E-state index in [9.17, 15) is 0 Å². The quantitative estimate of drug-likeness (QED) is 0.701. The molecule has 0 atom stereocenters. The molecule has 0 aliphatic carbocycles. The lowest BCUT2D eigenvalue weighted by Gasteiger charge is -1.99. The van der Waals surface area contributed by atoms with Crippen LogP contribution in [-0.2, 0) is 7.05 Å². The average molecular weight is 269 g/mol. The molecule has 1 N–H and O–H groups in total. The number of anilines is 1. The zero-order chi connectivity index (χ0) is 13.4. The van der Waals surface area contributed by atoms with Crippen LogP contribution in [-0.4, -0.2) is 7.05 Å². The van der Waals surface area contributed by atoms with Crippen molar-refractivity contribution in [2.24, 2.45) is 7.05 Å². The highest BCUT2D eigenvalue weighted by atomic mass is 32.1. The Morgan fingerprint density at radius 1 is 1.05 bits per heavy atom. The number of hydrogen-bond acceptors (Lipinski definition) is 2. The van der Waals surface area contributed by atoms with Gasteiger partial charge in [0.2, 0.25) is 5.52 Å². The maximum absolute atomic E-state index is 3.15. The molecule has 96 valence electrons. The molecule has 3 heteroatoms. The lowest BCUT2D eigenvalue weighted by atomic mass is 10.2. The van der Waals surface area contributed by atoms with Crippen molar-refractivity contribution in [2.75, 3.05) is 12.4 Å². The van der Waals surface area contributed by atoms with Crippen molar-refractivity contribution >= 4 is 27.2 Å². The van der Waals surface area contributed by atoms with Gasteiger partial charge in [-0.05, 0) is 42.8 Å². The summed E-state index contributed by atoms with van der Waals surface area (Å²) in [5.41, 5.74) is 5.01. The molecule has 2 aromatic carbocycles. The largest absolute Gasteiger partial charge is 0.388 e. The predicted molar refractivity (Wildman–Crippen MR) is 82.7 cm³/mol. The minimum atomic E-state index is 1.14. The van der Waals surface area contributed by atoms with Crippen LogP contribution in [0.5, 0.6) is 0 Å². The van der Waals surface area contributed by atoms with Crippen molar-refractivity contribution in [3.63, 3.8) is 0 Å². The Labute approximate surface area is 117 Å². The van der Waals surface area contributed by atoms with E-state index in [1.807, 2.05) is 18.4 Å². The number of thiazole rings is 1. The number of nitrogens with one attached hydrogen (secondary N) is 1. The maximum atomic E-state index is 3.15. The molecule has 3 rings (SSSR count). The zero-order valence-corrected chi connectivity index (χ0v) is 12.2. The van der Waals surface area contributed by atoms with E-state index < -0.39 is 0 Å². The van der Waals surface area contributed by atoms with Crippen LogP contribution in [0.3, 0.4) is 0 Å². The van der Waals surface area contributed by atoms with E-state index in [1.54, 1.807) is 0 Å². The minimum Gasteiger partial charge on any atom is -0.388 e. The Kier molecular flexibility index (Phi) is 2.99. The molecule has 1 heterocycles. The van der Waals surface area contributed by atoms with Crippen LogP contribution in [0, 0.1) is 6.92 Å². The lowest BCUT2D eigenvalue weighted by molar-refractivity contribution is -0.629. The van der Waals surface area contributed by atoms with Crippen molar-refractivity contribution in [2.45, 2.75) is 6.92 Å². The SMILES string of the molecule is CNc1ccc(-c2sc3cc(C)ccc3[n+]2C)cc1. The number of fused-ring (bicyclic) bond motifs is 1. The molecule has 3 aromatic rings. The molecule has 1 aromatic heterocycles. The van der Waals surface area contributed by atoms with Crippen molar-refractivity contribution in [1.29, 1.82) is 0 Å². The summed E-state index contributed by atoms with van der Waals surface area (Å²) in [7, 11) is 4.08. The van der Waals surface area contributed by atoms with Crippen molar-refractivity contribution in [3.05, 3.63) is 48.0 Å². The molecule has 0 radical (unpaired) electrons. The molecule has 0 fully saturated rings. The summed E-state index contributed by atoms with van der Waals surface area (Å²) in [5.74, 6) is 0. The van der Waals surface area contributed by atoms with E-state index in [4.69, 9.17) is 0 Å². The highest BCUT2D eigenvalue weighted by Crippen LogP contribution is 2.29. The van der Waals surface area contributed by atoms with Crippen molar-refractivity contribution < 1.29 is 4.57 Å². The molecule has 0 bridgehead atoms. The monoisotopic (exact) mass is 269 g/mol. The number of rotatable bonds is 2. The summed E-state index contributed by atoms with van der Waals surface area (Å²) in [4.78, 5) is 0. The molecule has 0 aliphatic rings. The second-order valence-corrected chi connectivity index (χ2v) is 5.80. The maximum Gasteiger partial charge on any atom is 0.269 e. The first kappa shape index (κ1) is 12.2. The second kappa shape index (κ2) is 4.67. The molecule has 19 heavy (non-hydrogen) atoms. The van der Waals surface area contributed by atoms with Gasteiger partial charge in [0.05, 0.1) is 5.56 Å². The molecular weight excluding hydrogens is 252 g/mol. The van der Waals surface area contributed by atoms with Crippen molar-refractivity contribution in [3.8, 4) is 10.6 Å². The topological polar surface area (TPSA) is 15.9 Å². The van der Waals surface area contributed by atoms with Gasteiger partial charge in [0.1, 0.15) is 11.7 Å². The summed E-state index contributed by atoms with van der Waals surface area (Å²) in [6, 6.07) is 15.2. The Morgan fingerprint density at radius 2 is 1.79 bits per heavy atom. The van der Waals surface area contributed by atoms with E-state index in [0.29, 0.717) is 0 Å². The first-order chi connectivity index (χ1) is 9.19. The van der Waals surface area contributed by atoms with Crippen LogP contribution in [0.25, 0.3) is 20.8 Å². The van der Waals surface area contributed by atoms with Gasteiger partial charge < -0.3 is 5.32 Å². The van der Waals surface area contributed by atoms with E-state index in [-0.39, 0.29) is 0 Å². The Morgan fingerprint density at radius 3 is 2.47 bits per heavy atom. The normalized spacial score (nSPS) is 10.9. The molecule has 2 nitrogen and oxygen atoms in total. The Hall–Kier alpha value is -1.87. The Balaban J connectivity index is 2.15. The third-order valence-electron chi connectivity index (χ3n) is 3.41. The third kappa shape index (κ3) is 2.10. The average Bonchev–Trinajstić information content (AvgIpc) is 2.75. The second-order valence-electron chi connectivity index (χ2n) is 4.76. The highest BCUT2D eigenvalue weighted by Gasteiger charge is 2.18. The first-order valence-corrected chi connectivity index (χ1v) is 7.18. The third-order valence-corrected chi connectivity index (χ3v) is 4.66. The van der Waals surface area contributed by atoms with Crippen LogP contribution in [0.15, 0.2) is 42.5 Å². The van der Waals surface area contributed by atoms with Gasteiger partial charge in [0, 0.05) is 18.8 Å². The van der Waals surface area contributed by atoms with E-state index in [0.717, 1.165) is 5.69 Å². The first-order valence-electron chi connectivity index (χ1n) is 6.36. The van der Waals surface area contributed by atoms with E-state index in [1.165, 1.54) is 26.4 Å². The van der Waals surface area contributed by atoms with Crippen LogP contribution in [0.1, 0.15) is 5.56 Å². The fourth-order valence-electron chi connectivity index (χ4n) is 2.29. The summed E-state index contributed by atoms with van der Waals surface area (Å²) in [5, 5.41) is 4.45. The summed E-state index contributed by atoms with van der Waals surface area (Å²) in [6.07, 6.45) is 0. The Bertz CT molecular complexity index is 726. The van der Waals surface area contributed by atoms with Gasteiger partial charge in [-0.3, -0.25) is 0 Å². The highest BCUT2D eigenvalue weighted by molar-refractivity contribution is 7.21. The van der Waals surface area contributed by atoms with Gasteiger partial charge in [0.15, 0.2) is 0 Å². The van der Waals surface area contributed by atoms with Gasteiger partial charge in [-0.2, -0.15) is 4.57 Å². The number of nitrogens with zero attached hydrogens (tertiary/aromatic N) is 1. The fourth-order valence-corrected chi connectivity index (χ4v) is 3.55. The number of aryl methyl sites for hydroxylation is 2. The lowest BCUT2D eigenvalue weighted by Crippen LogP contribution is -2.28. The predicted octanol–water partition coefficient (Wildman–Crippen LogP) is 3.74. The number of benzene rings is 2. The van der Waals surface area contributed by atoms with Crippen LogP contribution < -0.4 is 9.88 Å². The number of aromatic nitrogens is 1. The fraction of sp³-hybridized carbons (Fsp3) is 0.188. The summed E-state index contributed by atoms with van der Waals surface area (Å²) >= 11 is 1.85.